The SMILES string of the molecule is CC(C)(C)C1CNC(C)(C2CC2)CN1Cc1ccccn1. The highest BCUT2D eigenvalue weighted by molar-refractivity contribution is 5.09. The highest BCUT2D eigenvalue weighted by atomic mass is 15.3. The summed E-state index contributed by atoms with van der Waals surface area (Å²) < 4.78 is 0. The molecule has 21 heavy (non-hydrogen) atoms. The van der Waals surface area contributed by atoms with Crippen LogP contribution in [0.5, 0.6) is 0 Å². The summed E-state index contributed by atoms with van der Waals surface area (Å²) in [6.45, 7) is 12.7. The third kappa shape index (κ3) is 3.29. The van der Waals surface area contributed by atoms with E-state index < -0.39 is 0 Å². The molecule has 1 aliphatic heterocycles. The van der Waals surface area contributed by atoms with Crippen molar-refractivity contribution >= 4 is 0 Å². The zero-order valence-electron chi connectivity index (χ0n) is 13.9. The number of piperazine rings is 1. The molecular weight excluding hydrogens is 258 g/mol. The van der Waals surface area contributed by atoms with Crippen LogP contribution in [0.1, 0.15) is 46.2 Å². The summed E-state index contributed by atoms with van der Waals surface area (Å²) in [6.07, 6.45) is 4.69. The smallest absolute Gasteiger partial charge is 0.0544 e. The zero-order valence-corrected chi connectivity index (χ0v) is 13.9. The summed E-state index contributed by atoms with van der Waals surface area (Å²) in [5.41, 5.74) is 1.76. The van der Waals surface area contributed by atoms with Crippen molar-refractivity contribution in [3.05, 3.63) is 30.1 Å². The van der Waals surface area contributed by atoms with Crippen molar-refractivity contribution in [3.63, 3.8) is 0 Å². The van der Waals surface area contributed by atoms with Crippen LogP contribution in [0.25, 0.3) is 0 Å². The fraction of sp³-hybridized carbons (Fsp3) is 0.722. The van der Waals surface area contributed by atoms with Gasteiger partial charge in [0.05, 0.1) is 5.69 Å². The van der Waals surface area contributed by atoms with Gasteiger partial charge in [0.1, 0.15) is 0 Å². The number of hydrogen-bond acceptors (Lipinski definition) is 3. The Hall–Kier alpha value is -0.930. The Morgan fingerprint density at radius 3 is 2.67 bits per heavy atom. The summed E-state index contributed by atoms with van der Waals surface area (Å²) in [4.78, 5) is 7.20. The van der Waals surface area contributed by atoms with Crippen molar-refractivity contribution in [1.82, 2.24) is 15.2 Å². The Labute approximate surface area is 129 Å². The van der Waals surface area contributed by atoms with E-state index in [0.717, 1.165) is 25.6 Å². The second-order valence-electron chi connectivity index (χ2n) is 8.18. The van der Waals surface area contributed by atoms with E-state index in [4.69, 9.17) is 0 Å². The lowest BCUT2D eigenvalue weighted by molar-refractivity contribution is 0.0137. The molecule has 1 saturated heterocycles. The average Bonchev–Trinajstić information content (AvgIpc) is 3.23. The minimum absolute atomic E-state index is 0.284. The molecule has 1 aromatic heterocycles. The molecule has 2 aliphatic rings. The van der Waals surface area contributed by atoms with Gasteiger partial charge in [-0.15, -0.1) is 0 Å². The highest BCUT2D eigenvalue weighted by Crippen LogP contribution is 2.43. The molecule has 0 bridgehead atoms. The molecule has 2 fully saturated rings. The van der Waals surface area contributed by atoms with Gasteiger partial charge < -0.3 is 5.32 Å². The van der Waals surface area contributed by atoms with Gasteiger partial charge in [-0.2, -0.15) is 0 Å². The fourth-order valence-corrected chi connectivity index (χ4v) is 3.76. The van der Waals surface area contributed by atoms with Crippen LogP contribution in [-0.4, -0.2) is 34.6 Å². The Morgan fingerprint density at radius 2 is 2.10 bits per heavy atom. The lowest BCUT2D eigenvalue weighted by atomic mass is 9.80. The topological polar surface area (TPSA) is 28.2 Å². The molecule has 0 amide bonds. The molecule has 2 atom stereocenters. The molecule has 116 valence electrons. The number of pyridine rings is 1. The van der Waals surface area contributed by atoms with Crippen LogP contribution in [0.3, 0.4) is 0 Å². The van der Waals surface area contributed by atoms with Gasteiger partial charge in [-0.05, 0) is 43.2 Å². The molecule has 3 rings (SSSR count). The second kappa shape index (κ2) is 5.36. The molecule has 2 unspecified atom stereocenters. The van der Waals surface area contributed by atoms with Gasteiger partial charge in [0.2, 0.25) is 0 Å². The fourth-order valence-electron chi connectivity index (χ4n) is 3.76. The Bertz CT molecular complexity index is 475. The molecule has 1 aromatic rings. The summed E-state index contributed by atoms with van der Waals surface area (Å²) in [6, 6.07) is 6.80. The van der Waals surface area contributed by atoms with Gasteiger partial charge >= 0.3 is 0 Å². The van der Waals surface area contributed by atoms with E-state index in [9.17, 15) is 0 Å². The Balaban J connectivity index is 1.79. The van der Waals surface area contributed by atoms with Gasteiger partial charge in [-0.25, -0.2) is 0 Å². The first-order chi connectivity index (χ1) is 9.88. The summed E-state index contributed by atoms with van der Waals surface area (Å²) in [7, 11) is 0. The first-order valence-corrected chi connectivity index (χ1v) is 8.27. The monoisotopic (exact) mass is 287 g/mol. The third-order valence-corrected chi connectivity index (χ3v) is 5.24. The quantitative estimate of drug-likeness (QED) is 0.926. The molecule has 0 spiro atoms. The zero-order chi connectivity index (χ0) is 15.1. The van der Waals surface area contributed by atoms with E-state index in [-0.39, 0.29) is 11.0 Å². The summed E-state index contributed by atoms with van der Waals surface area (Å²) in [5.74, 6) is 0.865. The summed E-state index contributed by atoms with van der Waals surface area (Å²) in [5, 5.41) is 3.87. The average molecular weight is 287 g/mol. The number of nitrogens with one attached hydrogen (secondary N) is 1. The van der Waals surface area contributed by atoms with Crippen LogP contribution in [0.2, 0.25) is 0 Å². The van der Waals surface area contributed by atoms with Gasteiger partial charge in [0.25, 0.3) is 0 Å². The van der Waals surface area contributed by atoms with Crippen LogP contribution in [0, 0.1) is 11.3 Å². The van der Waals surface area contributed by atoms with Crippen molar-refractivity contribution < 1.29 is 0 Å². The minimum Gasteiger partial charge on any atom is -0.308 e. The van der Waals surface area contributed by atoms with Crippen LogP contribution in [0.15, 0.2) is 24.4 Å². The standard InChI is InChI=1S/C18H29N3/c1-17(2,3)16-11-20-18(4,14-8-9-14)13-21(16)12-15-7-5-6-10-19-15/h5-7,10,14,16,20H,8-9,11-13H2,1-4H3. The number of hydrogen-bond donors (Lipinski definition) is 1. The number of nitrogens with zero attached hydrogens (tertiary/aromatic N) is 2. The number of rotatable bonds is 3. The molecule has 1 aliphatic carbocycles. The Morgan fingerprint density at radius 1 is 1.33 bits per heavy atom. The predicted octanol–water partition coefficient (Wildman–Crippen LogP) is 3.07. The van der Waals surface area contributed by atoms with E-state index in [2.05, 4.69) is 55.0 Å². The van der Waals surface area contributed by atoms with Crippen LogP contribution >= 0.6 is 0 Å². The van der Waals surface area contributed by atoms with E-state index in [1.807, 2.05) is 12.3 Å². The molecular formula is C18H29N3. The van der Waals surface area contributed by atoms with Crippen molar-refractivity contribution in [2.45, 2.75) is 58.7 Å². The van der Waals surface area contributed by atoms with E-state index in [1.165, 1.54) is 18.5 Å². The molecule has 2 heterocycles. The highest BCUT2D eigenvalue weighted by Gasteiger charge is 2.47. The van der Waals surface area contributed by atoms with Crippen LogP contribution < -0.4 is 5.32 Å². The van der Waals surface area contributed by atoms with Crippen molar-refractivity contribution in [3.8, 4) is 0 Å². The molecule has 3 nitrogen and oxygen atoms in total. The molecule has 1 saturated carbocycles. The maximum atomic E-state index is 4.54. The molecule has 0 aromatic carbocycles. The van der Waals surface area contributed by atoms with Crippen molar-refractivity contribution in [2.24, 2.45) is 11.3 Å². The largest absolute Gasteiger partial charge is 0.308 e. The van der Waals surface area contributed by atoms with E-state index in [1.54, 1.807) is 0 Å². The molecule has 1 N–H and O–H groups in total. The first-order valence-electron chi connectivity index (χ1n) is 8.27. The first kappa shape index (κ1) is 15.0. The Kier molecular flexibility index (Phi) is 3.83. The molecule has 3 heteroatoms. The maximum absolute atomic E-state index is 4.54. The normalized spacial score (nSPS) is 31.3. The van der Waals surface area contributed by atoms with Crippen LogP contribution in [0.4, 0.5) is 0 Å². The summed E-state index contributed by atoms with van der Waals surface area (Å²) >= 11 is 0. The predicted molar refractivity (Wildman–Crippen MR) is 87.0 cm³/mol. The van der Waals surface area contributed by atoms with E-state index in [0.29, 0.717) is 6.04 Å². The number of aromatic nitrogens is 1. The second-order valence-corrected chi connectivity index (χ2v) is 8.18. The maximum Gasteiger partial charge on any atom is 0.0544 e. The van der Waals surface area contributed by atoms with Crippen molar-refractivity contribution in [1.29, 1.82) is 0 Å². The lowest BCUT2D eigenvalue weighted by Crippen LogP contribution is -2.66. The van der Waals surface area contributed by atoms with Gasteiger partial charge in [0.15, 0.2) is 0 Å². The lowest BCUT2D eigenvalue weighted by Gasteiger charge is -2.51. The van der Waals surface area contributed by atoms with Gasteiger partial charge in [-0.1, -0.05) is 26.8 Å². The van der Waals surface area contributed by atoms with Gasteiger partial charge in [-0.3, -0.25) is 9.88 Å². The minimum atomic E-state index is 0.284. The van der Waals surface area contributed by atoms with E-state index >= 15 is 0 Å². The van der Waals surface area contributed by atoms with Crippen molar-refractivity contribution in [2.75, 3.05) is 13.1 Å². The van der Waals surface area contributed by atoms with Gasteiger partial charge in [0, 0.05) is 37.4 Å². The molecule has 0 radical (unpaired) electrons. The third-order valence-electron chi connectivity index (χ3n) is 5.24. The van der Waals surface area contributed by atoms with Crippen LogP contribution in [-0.2, 0) is 6.54 Å².